The Kier molecular flexibility index (Phi) is 8.19. The van der Waals surface area contributed by atoms with Gasteiger partial charge < -0.3 is 0 Å². The van der Waals surface area contributed by atoms with Gasteiger partial charge in [-0.3, -0.25) is 0 Å². The first-order valence-electron chi connectivity index (χ1n) is 21.8. The summed E-state index contributed by atoms with van der Waals surface area (Å²) in [6.07, 6.45) is 0. The lowest BCUT2D eigenvalue weighted by molar-refractivity contribution is 1.63. The predicted molar refractivity (Wildman–Crippen MR) is 274 cm³/mol. The van der Waals surface area contributed by atoms with Crippen LogP contribution in [0.1, 0.15) is 0 Å². The van der Waals surface area contributed by atoms with Crippen LogP contribution in [0.4, 0.5) is 0 Å². The molecule has 0 fully saturated rings. The molecule has 0 unspecified atom stereocenters. The van der Waals surface area contributed by atoms with Gasteiger partial charge in [0.2, 0.25) is 0 Å². The molecule has 0 aliphatic rings. The summed E-state index contributed by atoms with van der Waals surface area (Å²) >= 11 is 1.90. The van der Waals surface area contributed by atoms with Gasteiger partial charge in [-0.25, -0.2) is 0 Å². The lowest BCUT2D eigenvalue weighted by Gasteiger charge is -2.18. The molecule has 0 atom stereocenters. The van der Waals surface area contributed by atoms with Crippen molar-refractivity contribution < 1.29 is 0 Å². The molecule has 0 N–H and O–H groups in total. The zero-order valence-electron chi connectivity index (χ0n) is 34.3. The van der Waals surface area contributed by atoms with Crippen LogP contribution in [-0.4, -0.2) is 0 Å². The number of rotatable bonds is 5. The van der Waals surface area contributed by atoms with Crippen molar-refractivity contribution >= 4 is 85.4 Å². The molecule has 0 saturated carbocycles. The zero-order valence-corrected chi connectivity index (χ0v) is 35.2. The molecular formula is C62H38S. The third kappa shape index (κ3) is 5.60. The summed E-state index contributed by atoms with van der Waals surface area (Å²) in [6.45, 7) is 0. The smallest absolute Gasteiger partial charge is 0.0361 e. The largest absolute Gasteiger partial charge is 0.135 e. The number of hydrogen-bond donors (Lipinski definition) is 0. The summed E-state index contributed by atoms with van der Waals surface area (Å²) in [5.41, 5.74) is 12.6. The van der Waals surface area contributed by atoms with Crippen LogP contribution in [0.2, 0.25) is 0 Å². The van der Waals surface area contributed by atoms with Gasteiger partial charge >= 0.3 is 0 Å². The molecule has 13 rings (SSSR count). The molecule has 0 spiro atoms. The fourth-order valence-electron chi connectivity index (χ4n) is 10.6. The van der Waals surface area contributed by atoms with Crippen LogP contribution in [0.15, 0.2) is 231 Å². The molecular weight excluding hydrogens is 777 g/mol. The van der Waals surface area contributed by atoms with Gasteiger partial charge in [0, 0.05) is 20.2 Å². The quantitative estimate of drug-likeness (QED) is 0.152. The second kappa shape index (κ2) is 14.4. The van der Waals surface area contributed by atoms with Gasteiger partial charge in [-0.05, 0) is 122 Å². The third-order valence-electron chi connectivity index (χ3n) is 13.3. The molecule has 0 amide bonds. The zero-order chi connectivity index (χ0) is 41.4. The van der Waals surface area contributed by atoms with E-state index in [1.807, 2.05) is 11.3 Å². The van der Waals surface area contributed by atoms with Crippen molar-refractivity contribution in [1.29, 1.82) is 0 Å². The molecule has 0 saturated heterocycles. The summed E-state index contributed by atoms with van der Waals surface area (Å²) in [6, 6.07) is 85.4. The number of benzene rings is 12. The molecule has 13 aromatic rings. The maximum Gasteiger partial charge on any atom is 0.0361 e. The maximum absolute atomic E-state index is 2.45. The Labute approximate surface area is 369 Å². The minimum atomic E-state index is 1.22. The Morgan fingerprint density at radius 1 is 0.222 bits per heavy atom. The van der Waals surface area contributed by atoms with Crippen LogP contribution in [0.5, 0.6) is 0 Å². The van der Waals surface area contributed by atoms with Crippen molar-refractivity contribution in [2.45, 2.75) is 0 Å². The SMILES string of the molecule is c1ccc(-c2c3ccccc3c(-c3cccc4sc5cc(-c6c7ccccc7c(-c7ccc(-c8cccc9ccccc89)cc7)c7ccccc67)ccc5c34)c3ccccc23)cc1. The van der Waals surface area contributed by atoms with Crippen molar-refractivity contribution in [1.82, 2.24) is 0 Å². The number of fused-ring (bicyclic) bond motifs is 8. The maximum atomic E-state index is 2.45. The van der Waals surface area contributed by atoms with Crippen molar-refractivity contribution in [2.75, 3.05) is 0 Å². The number of hydrogen-bond acceptors (Lipinski definition) is 1. The highest BCUT2D eigenvalue weighted by atomic mass is 32.1. The molecule has 0 nitrogen and oxygen atoms in total. The summed E-state index contributed by atoms with van der Waals surface area (Å²) in [4.78, 5) is 0. The van der Waals surface area contributed by atoms with Gasteiger partial charge in [0.25, 0.3) is 0 Å². The molecule has 0 bridgehead atoms. The van der Waals surface area contributed by atoms with Crippen molar-refractivity contribution in [2.24, 2.45) is 0 Å². The van der Waals surface area contributed by atoms with E-state index in [4.69, 9.17) is 0 Å². The second-order valence-electron chi connectivity index (χ2n) is 16.6. The van der Waals surface area contributed by atoms with Crippen LogP contribution in [0, 0.1) is 0 Å². The summed E-state index contributed by atoms with van der Waals surface area (Å²) in [5.74, 6) is 0. The highest BCUT2D eigenvalue weighted by Gasteiger charge is 2.21. The summed E-state index contributed by atoms with van der Waals surface area (Å²) in [5, 5.41) is 15.3. The van der Waals surface area contributed by atoms with Crippen LogP contribution in [0.3, 0.4) is 0 Å². The molecule has 12 aromatic carbocycles. The standard InChI is InChI=1S/C62H38S/c1-2-17-41(18-3-1)58-50-25-10-12-27-52(50)61(53-28-13-11-26-51(53)58)55-30-15-31-56-62(55)54-37-36-43(38-57(54)63-56)60-48-23-8-6-21-46(48)59(47-22-7-9-24-49(47)60)42-34-32-40(33-35-42)45-29-14-19-39-16-4-5-20-44(39)45/h1-38H. The molecule has 0 radical (unpaired) electrons. The average Bonchev–Trinajstić information content (AvgIpc) is 3.73. The topological polar surface area (TPSA) is 0 Å². The van der Waals surface area contributed by atoms with Gasteiger partial charge in [0.15, 0.2) is 0 Å². The average molecular weight is 815 g/mol. The highest BCUT2D eigenvalue weighted by Crippen LogP contribution is 2.50. The molecule has 292 valence electrons. The normalized spacial score (nSPS) is 11.8. The van der Waals surface area contributed by atoms with E-state index in [1.54, 1.807) is 0 Å². The van der Waals surface area contributed by atoms with E-state index in [0.29, 0.717) is 0 Å². The van der Waals surface area contributed by atoms with Crippen molar-refractivity contribution in [3.8, 4) is 55.6 Å². The molecule has 1 heteroatoms. The lowest BCUT2D eigenvalue weighted by atomic mass is 9.84. The Morgan fingerprint density at radius 2 is 0.635 bits per heavy atom. The fraction of sp³-hybridized carbons (Fsp3) is 0. The lowest BCUT2D eigenvalue weighted by Crippen LogP contribution is -1.91. The first-order valence-corrected chi connectivity index (χ1v) is 22.6. The van der Waals surface area contributed by atoms with E-state index in [-0.39, 0.29) is 0 Å². The predicted octanol–water partition coefficient (Wildman–Crippen LogP) is 18.2. The summed E-state index contributed by atoms with van der Waals surface area (Å²) in [7, 11) is 0. The molecule has 1 heterocycles. The van der Waals surface area contributed by atoms with Crippen LogP contribution in [0.25, 0.3) is 130 Å². The van der Waals surface area contributed by atoms with E-state index >= 15 is 0 Å². The Hall–Kier alpha value is -7.84. The van der Waals surface area contributed by atoms with E-state index in [2.05, 4.69) is 231 Å². The van der Waals surface area contributed by atoms with E-state index < -0.39 is 0 Å². The van der Waals surface area contributed by atoms with E-state index in [1.165, 1.54) is 130 Å². The Morgan fingerprint density at radius 3 is 1.22 bits per heavy atom. The van der Waals surface area contributed by atoms with E-state index in [9.17, 15) is 0 Å². The van der Waals surface area contributed by atoms with E-state index in [0.717, 1.165) is 0 Å². The molecule has 0 aliphatic heterocycles. The fourth-order valence-corrected chi connectivity index (χ4v) is 11.7. The summed E-state index contributed by atoms with van der Waals surface area (Å²) < 4.78 is 2.60. The first-order chi connectivity index (χ1) is 31.3. The molecule has 0 aliphatic carbocycles. The minimum absolute atomic E-state index is 1.22. The Bertz CT molecular complexity index is 3830. The monoisotopic (exact) mass is 814 g/mol. The first kappa shape index (κ1) is 35.9. The van der Waals surface area contributed by atoms with Crippen LogP contribution >= 0.6 is 11.3 Å². The van der Waals surface area contributed by atoms with Crippen LogP contribution < -0.4 is 0 Å². The minimum Gasteiger partial charge on any atom is -0.135 e. The Balaban J connectivity index is 0.995. The molecule has 1 aromatic heterocycles. The number of thiophene rings is 1. The van der Waals surface area contributed by atoms with Gasteiger partial charge in [-0.15, -0.1) is 11.3 Å². The second-order valence-corrected chi connectivity index (χ2v) is 17.7. The third-order valence-corrected chi connectivity index (χ3v) is 14.4. The highest BCUT2D eigenvalue weighted by molar-refractivity contribution is 7.26. The van der Waals surface area contributed by atoms with Crippen LogP contribution in [-0.2, 0) is 0 Å². The van der Waals surface area contributed by atoms with Crippen molar-refractivity contribution in [3.63, 3.8) is 0 Å². The van der Waals surface area contributed by atoms with Gasteiger partial charge in [-0.2, -0.15) is 0 Å². The van der Waals surface area contributed by atoms with Gasteiger partial charge in [-0.1, -0.05) is 218 Å². The van der Waals surface area contributed by atoms with Gasteiger partial charge in [0.05, 0.1) is 0 Å². The molecule has 63 heavy (non-hydrogen) atoms. The van der Waals surface area contributed by atoms with Crippen molar-refractivity contribution in [3.05, 3.63) is 231 Å². The van der Waals surface area contributed by atoms with Gasteiger partial charge in [0.1, 0.15) is 0 Å².